The fourth-order valence-electron chi connectivity index (χ4n) is 1.27. The molecule has 72 valence electrons. The lowest BCUT2D eigenvalue weighted by Crippen LogP contribution is -2.15. The third kappa shape index (κ3) is 1.57. The van der Waals surface area contributed by atoms with Crippen LogP contribution in [0.25, 0.3) is 11.0 Å². The second kappa shape index (κ2) is 3.69. The molecule has 0 amide bonds. The minimum atomic E-state index is -0.417. The summed E-state index contributed by atoms with van der Waals surface area (Å²) in [6.07, 6.45) is 1.72. The molecule has 1 atom stereocenters. The average molecular weight is 189 g/mol. The molecular weight excluding hydrogens is 178 g/mol. The van der Waals surface area contributed by atoms with E-state index < -0.39 is 6.04 Å². The van der Waals surface area contributed by atoms with Gasteiger partial charge in [0, 0.05) is 6.20 Å². The van der Waals surface area contributed by atoms with Gasteiger partial charge < -0.3 is 10.8 Å². The van der Waals surface area contributed by atoms with Gasteiger partial charge in [-0.05, 0) is 24.3 Å². The van der Waals surface area contributed by atoms with Gasteiger partial charge in [-0.2, -0.15) is 0 Å². The van der Waals surface area contributed by atoms with Crippen LogP contribution in [0.4, 0.5) is 0 Å². The maximum Gasteiger partial charge on any atom is 0.0890 e. The summed E-state index contributed by atoms with van der Waals surface area (Å²) in [5.41, 5.74) is 7.97. The fraction of sp³-hybridized carbons (Fsp3) is 0.200. The molecule has 0 fully saturated rings. The molecule has 0 aromatic carbocycles. The molecule has 0 spiro atoms. The Morgan fingerprint density at radius 3 is 2.93 bits per heavy atom. The van der Waals surface area contributed by atoms with Crippen LogP contribution in [0.3, 0.4) is 0 Å². The molecule has 0 aliphatic rings. The minimum absolute atomic E-state index is 0.0984. The lowest BCUT2D eigenvalue weighted by Gasteiger charge is -2.07. The summed E-state index contributed by atoms with van der Waals surface area (Å²) in [7, 11) is 0. The number of fused-ring (bicyclic) bond motifs is 1. The van der Waals surface area contributed by atoms with E-state index in [2.05, 4.69) is 9.97 Å². The van der Waals surface area contributed by atoms with Crippen LogP contribution in [0.1, 0.15) is 11.7 Å². The second-order valence-corrected chi connectivity index (χ2v) is 3.07. The summed E-state index contributed by atoms with van der Waals surface area (Å²) in [6, 6.07) is 6.92. The molecule has 4 heteroatoms. The van der Waals surface area contributed by atoms with E-state index in [-0.39, 0.29) is 6.61 Å². The highest BCUT2D eigenvalue weighted by Crippen LogP contribution is 2.12. The molecule has 14 heavy (non-hydrogen) atoms. The van der Waals surface area contributed by atoms with E-state index in [1.54, 1.807) is 12.3 Å². The van der Waals surface area contributed by atoms with E-state index in [0.717, 1.165) is 11.0 Å². The van der Waals surface area contributed by atoms with Gasteiger partial charge in [0.05, 0.1) is 29.4 Å². The number of hydrogen-bond acceptors (Lipinski definition) is 4. The Balaban J connectivity index is 2.51. The quantitative estimate of drug-likeness (QED) is 0.726. The Kier molecular flexibility index (Phi) is 2.39. The molecule has 0 radical (unpaired) electrons. The number of rotatable bonds is 2. The predicted molar refractivity (Wildman–Crippen MR) is 53.6 cm³/mol. The largest absolute Gasteiger partial charge is 0.394 e. The Morgan fingerprint density at radius 1 is 1.29 bits per heavy atom. The zero-order chi connectivity index (χ0) is 9.97. The number of hydrogen-bond donors (Lipinski definition) is 2. The van der Waals surface area contributed by atoms with Gasteiger partial charge in [-0.1, -0.05) is 0 Å². The first-order valence-electron chi connectivity index (χ1n) is 4.39. The van der Waals surface area contributed by atoms with Crippen LogP contribution in [0.5, 0.6) is 0 Å². The van der Waals surface area contributed by atoms with Crippen LogP contribution in [0, 0.1) is 0 Å². The van der Waals surface area contributed by atoms with Crippen LogP contribution in [0.15, 0.2) is 30.5 Å². The highest BCUT2D eigenvalue weighted by Gasteiger charge is 2.06. The van der Waals surface area contributed by atoms with Gasteiger partial charge in [0.15, 0.2) is 0 Å². The number of aliphatic hydroxyl groups excluding tert-OH is 1. The number of nitrogens with zero attached hydrogens (tertiary/aromatic N) is 2. The van der Waals surface area contributed by atoms with Gasteiger partial charge in [0.25, 0.3) is 0 Å². The van der Waals surface area contributed by atoms with Gasteiger partial charge in [0.2, 0.25) is 0 Å². The summed E-state index contributed by atoms with van der Waals surface area (Å²) < 4.78 is 0. The number of pyridine rings is 2. The molecule has 4 nitrogen and oxygen atoms in total. The normalized spacial score (nSPS) is 13.0. The van der Waals surface area contributed by atoms with E-state index in [1.807, 2.05) is 18.2 Å². The molecule has 2 heterocycles. The molecule has 2 aromatic heterocycles. The van der Waals surface area contributed by atoms with Gasteiger partial charge in [-0.15, -0.1) is 0 Å². The monoisotopic (exact) mass is 189 g/mol. The molecule has 2 rings (SSSR count). The SMILES string of the molecule is NC(CO)c1ccc2ncccc2n1. The molecule has 0 bridgehead atoms. The third-order valence-electron chi connectivity index (χ3n) is 2.05. The van der Waals surface area contributed by atoms with Crippen molar-refractivity contribution >= 4 is 11.0 Å². The zero-order valence-electron chi connectivity index (χ0n) is 7.59. The predicted octanol–water partition coefficient (Wildman–Crippen LogP) is 0.622. The topological polar surface area (TPSA) is 72.0 Å². The van der Waals surface area contributed by atoms with Gasteiger partial charge >= 0.3 is 0 Å². The van der Waals surface area contributed by atoms with Crippen LogP contribution >= 0.6 is 0 Å². The molecule has 3 N–H and O–H groups in total. The Hall–Kier alpha value is -1.52. The van der Waals surface area contributed by atoms with Crippen molar-refractivity contribution in [1.82, 2.24) is 9.97 Å². The van der Waals surface area contributed by atoms with Crippen molar-refractivity contribution in [3.05, 3.63) is 36.2 Å². The first-order chi connectivity index (χ1) is 6.81. The van der Waals surface area contributed by atoms with Crippen LogP contribution in [-0.2, 0) is 0 Å². The summed E-state index contributed by atoms with van der Waals surface area (Å²) >= 11 is 0. The van der Waals surface area contributed by atoms with Crippen molar-refractivity contribution in [2.75, 3.05) is 6.61 Å². The van der Waals surface area contributed by atoms with Crippen molar-refractivity contribution in [2.45, 2.75) is 6.04 Å². The summed E-state index contributed by atoms with van der Waals surface area (Å²) in [6.45, 7) is -0.0984. The van der Waals surface area contributed by atoms with Gasteiger partial charge in [-0.3, -0.25) is 4.98 Å². The summed E-state index contributed by atoms with van der Waals surface area (Å²) in [5.74, 6) is 0. The first-order valence-corrected chi connectivity index (χ1v) is 4.39. The van der Waals surface area contributed by atoms with Crippen molar-refractivity contribution in [3.8, 4) is 0 Å². The Labute approximate surface area is 81.4 Å². The van der Waals surface area contributed by atoms with Crippen molar-refractivity contribution in [2.24, 2.45) is 5.73 Å². The molecule has 0 aliphatic carbocycles. The van der Waals surface area contributed by atoms with Gasteiger partial charge in [-0.25, -0.2) is 4.98 Å². The van der Waals surface area contributed by atoms with E-state index in [1.165, 1.54) is 0 Å². The smallest absolute Gasteiger partial charge is 0.0890 e. The highest BCUT2D eigenvalue weighted by atomic mass is 16.3. The van der Waals surface area contributed by atoms with E-state index in [4.69, 9.17) is 10.8 Å². The summed E-state index contributed by atoms with van der Waals surface area (Å²) in [5, 5.41) is 8.88. The van der Waals surface area contributed by atoms with Crippen molar-refractivity contribution in [1.29, 1.82) is 0 Å². The van der Waals surface area contributed by atoms with Crippen LogP contribution in [-0.4, -0.2) is 21.7 Å². The zero-order valence-corrected chi connectivity index (χ0v) is 7.59. The maximum atomic E-state index is 8.88. The number of aliphatic hydroxyl groups is 1. The van der Waals surface area contributed by atoms with Crippen LogP contribution in [0.2, 0.25) is 0 Å². The third-order valence-corrected chi connectivity index (χ3v) is 2.05. The standard InChI is InChI=1S/C10H11N3O/c11-7(6-14)8-3-4-9-10(13-8)2-1-5-12-9/h1-5,7,14H,6,11H2. The molecule has 0 saturated carbocycles. The fourth-order valence-corrected chi connectivity index (χ4v) is 1.27. The maximum absolute atomic E-state index is 8.88. The Morgan fingerprint density at radius 2 is 2.14 bits per heavy atom. The van der Waals surface area contributed by atoms with E-state index in [9.17, 15) is 0 Å². The number of aromatic nitrogens is 2. The molecule has 2 aromatic rings. The van der Waals surface area contributed by atoms with E-state index in [0.29, 0.717) is 5.69 Å². The van der Waals surface area contributed by atoms with E-state index >= 15 is 0 Å². The van der Waals surface area contributed by atoms with Crippen molar-refractivity contribution in [3.63, 3.8) is 0 Å². The molecular formula is C10H11N3O. The first kappa shape index (κ1) is 9.05. The highest BCUT2D eigenvalue weighted by molar-refractivity contribution is 5.73. The lowest BCUT2D eigenvalue weighted by atomic mass is 10.2. The summed E-state index contributed by atoms with van der Waals surface area (Å²) in [4.78, 5) is 8.44. The van der Waals surface area contributed by atoms with Crippen LogP contribution < -0.4 is 5.73 Å². The minimum Gasteiger partial charge on any atom is -0.394 e. The van der Waals surface area contributed by atoms with Gasteiger partial charge in [0.1, 0.15) is 0 Å². The lowest BCUT2D eigenvalue weighted by molar-refractivity contribution is 0.266. The second-order valence-electron chi connectivity index (χ2n) is 3.07. The molecule has 1 unspecified atom stereocenters. The number of nitrogens with two attached hydrogens (primary N) is 1. The average Bonchev–Trinajstić information content (AvgIpc) is 2.27. The molecule has 0 saturated heterocycles. The Bertz CT molecular complexity index is 444. The molecule has 0 aliphatic heterocycles. The van der Waals surface area contributed by atoms with Crippen molar-refractivity contribution < 1.29 is 5.11 Å².